The summed E-state index contributed by atoms with van der Waals surface area (Å²) in [6, 6.07) is 10.6. The Hall–Kier alpha value is -3.75. The minimum atomic E-state index is -0.301. The van der Waals surface area contributed by atoms with Crippen molar-refractivity contribution in [1.29, 1.82) is 0 Å². The Labute approximate surface area is 179 Å². The number of methoxy groups -OCH3 is 1. The van der Waals surface area contributed by atoms with Crippen LogP contribution in [0.2, 0.25) is 0 Å². The maximum Gasteiger partial charge on any atom is 0.293 e. The summed E-state index contributed by atoms with van der Waals surface area (Å²) in [6.07, 6.45) is 3.96. The monoisotopic (exact) mass is 418 g/mol. The van der Waals surface area contributed by atoms with Crippen molar-refractivity contribution in [2.24, 2.45) is 11.8 Å². The fraction of sp³-hybridized carbons (Fsp3) is 0.318. The molecule has 4 heterocycles. The van der Waals surface area contributed by atoms with Crippen molar-refractivity contribution in [3.8, 4) is 5.75 Å². The van der Waals surface area contributed by atoms with E-state index in [1.807, 2.05) is 9.47 Å². The number of anilines is 1. The zero-order valence-electron chi connectivity index (χ0n) is 17.1. The highest BCUT2D eigenvalue weighted by atomic mass is 16.5. The normalized spacial score (nSPS) is 19.5. The van der Waals surface area contributed by atoms with Crippen molar-refractivity contribution >= 4 is 17.5 Å². The molecule has 9 heteroatoms. The Morgan fingerprint density at radius 2 is 1.74 bits per heavy atom. The molecule has 0 unspecified atom stereocenters. The molecule has 1 saturated heterocycles. The number of ether oxygens (including phenoxy) is 1. The van der Waals surface area contributed by atoms with Gasteiger partial charge in [0.2, 0.25) is 5.82 Å². The molecule has 2 atom stereocenters. The Morgan fingerprint density at radius 3 is 2.48 bits per heavy atom. The Kier molecular flexibility index (Phi) is 4.85. The van der Waals surface area contributed by atoms with E-state index in [4.69, 9.17) is 4.74 Å². The Balaban J connectivity index is 1.29. The van der Waals surface area contributed by atoms with Gasteiger partial charge >= 0.3 is 0 Å². The fourth-order valence-corrected chi connectivity index (χ4v) is 4.40. The molecule has 2 aliphatic heterocycles. The van der Waals surface area contributed by atoms with Crippen LogP contribution in [0.5, 0.6) is 5.75 Å². The standard InChI is InChI=1S/C22H22N6O3/c1-31-18-4-2-17(3-5-18)24-21(29)20-26-25-19-10-15-11-27(12-16(15)13-28(19)20)22(30)14-6-8-23-9-7-14/h2-9,15-16H,10-13H2,1H3,(H,24,29)/t15-,16-/m0/s1. The molecule has 1 aromatic carbocycles. The van der Waals surface area contributed by atoms with Crippen molar-refractivity contribution in [1.82, 2.24) is 24.6 Å². The van der Waals surface area contributed by atoms with Gasteiger partial charge in [0.25, 0.3) is 11.8 Å². The third-order valence-corrected chi connectivity index (χ3v) is 6.03. The number of likely N-dealkylation sites (tertiary alicyclic amines) is 1. The molecule has 0 aliphatic carbocycles. The molecule has 9 nitrogen and oxygen atoms in total. The minimum absolute atomic E-state index is 0.0186. The zero-order chi connectivity index (χ0) is 21.4. The molecule has 1 N–H and O–H groups in total. The van der Waals surface area contributed by atoms with Crippen LogP contribution >= 0.6 is 0 Å². The second-order valence-corrected chi connectivity index (χ2v) is 7.90. The number of pyridine rings is 1. The molecule has 5 rings (SSSR count). The van der Waals surface area contributed by atoms with Gasteiger partial charge in [-0.2, -0.15) is 0 Å². The van der Waals surface area contributed by atoms with Crippen LogP contribution in [0.1, 0.15) is 26.8 Å². The van der Waals surface area contributed by atoms with E-state index in [1.165, 1.54) is 0 Å². The number of nitrogens with zero attached hydrogens (tertiary/aromatic N) is 5. The van der Waals surface area contributed by atoms with E-state index in [0.29, 0.717) is 49.0 Å². The van der Waals surface area contributed by atoms with Crippen LogP contribution in [-0.2, 0) is 13.0 Å². The van der Waals surface area contributed by atoms with Crippen molar-refractivity contribution in [3.05, 3.63) is 66.0 Å². The van der Waals surface area contributed by atoms with Gasteiger partial charge in [0, 0.05) is 49.7 Å². The molecule has 1 fully saturated rings. The van der Waals surface area contributed by atoms with Crippen molar-refractivity contribution in [2.75, 3.05) is 25.5 Å². The largest absolute Gasteiger partial charge is 0.497 e. The van der Waals surface area contributed by atoms with Crippen molar-refractivity contribution < 1.29 is 14.3 Å². The molecule has 3 aromatic rings. The smallest absolute Gasteiger partial charge is 0.293 e. The van der Waals surface area contributed by atoms with Gasteiger partial charge in [-0.25, -0.2) is 0 Å². The highest BCUT2D eigenvalue weighted by Gasteiger charge is 2.40. The third kappa shape index (κ3) is 3.63. The lowest BCUT2D eigenvalue weighted by Gasteiger charge is -2.25. The van der Waals surface area contributed by atoms with E-state index in [1.54, 1.807) is 55.9 Å². The van der Waals surface area contributed by atoms with E-state index in [9.17, 15) is 9.59 Å². The maximum absolute atomic E-state index is 12.8. The quantitative estimate of drug-likeness (QED) is 0.694. The van der Waals surface area contributed by atoms with Gasteiger partial charge in [-0.3, -0.25) is 14.6 Å². The fourth-order valence-electron chi connectivity index (χ4n) is 4.40. The number of benzene rings is 1. The first-order chi connectivity index (χ1) is 15.1. The number of amides is 2. The summed E-state index contributed by atoms with van der Waals surface area (Å²) in [4.78, 5) is 31.5. The molecular weight excluding hydrogens is 396 g/mol. The number of carbonyl (C=O) groups excluding carboxylic acids is 2. The maximum atomic E-state index is 12.8. The number of hydrogen-bond acceptors (Lipinski definition) is 6. The van der Waals surface area contributed by atoms with E-state index >= 15 is 0 Å². The van der Waals surface area contributed by atoms with Crippen LogP contribution in [0.25, 0.3) is 0 Å². The van der Waals surface area contributed by atoms with Gasteiger partial charge in [-0.05, 0) is 48.2 Å². The van der Waals surface area contributed by atoms with Crippen molar-refractivity contribution in [3.63, 3.8) is 0 Å². The van der Waals surface area contributed by atoms with E-state index in [0.717, 1.165) is 11.6 Å². The highest BCUT2D eigenvalue weighted by molar-refractivity contribution is 6.01. The number of carbonyl (C=O) groups is 2. The van der Waals surface area contributed by atoms with Crippen LogP contribution in [0.4, 0.5) is 5.69 Å². The zero-order valence-corrected chi connectivity index (χ0v) is 17.1. The lowest BCUT2D eigenvalue weighted by molar-refractivity contribution is 0.0783. The molecular formula is C22H22N6O3. The van der Waals surface area contributed by atoms with Gasteiger partial charge in [0.15, 0.2) is 0 Å². The van der Waals surface area contributed by atoms with Gasteiger partial charge < -0.3 is 19.5 Å². The lowest BCUT2D eigenvalue weighted by atomic mass is 9.89. The third-order valence-electron chi connectivity index (χ3n) is 6.03. The number of hydrogen-bond donors (Lipinski definition) is 1. The molecule has 0 bridgehead atoms. The number of fused-ring (bicyclic) bond motifs is 2. The molecule has 2 aromatic heterocycles. The van der Waals surface area contributed by atoms with E-state index in [-0.39, 0.29) is 17.7 Å². The average Bonchev–Trinajstić information content (AvgIpc) is 3.41. The number of rotatable bonds is 4. The topological polar surface area (TPSA) is 102 Å². The molecule has 31 heavy (non-hydrogen) atoms. The van der Waals surface area contributed by atoms with Gasteiger partial charge in [0.05, 0.1) is 7.11 Å². The first kappa shape index (κ1) is 19.2. The average molecular weight is 418 g/mol. The van der Waals surface area contributed by atoms with Crippen LogP contribution in [-0.4, -0.2) is 56.7 Å². The summed E-state index contributed by atoms with van der Waals surface area (Å²) in [7, 11) is 1.60. The van der Waals surface area contributed by atoms with Crippen molar-refractivity contribution in [2.45, 2.75) is 13.0 Å². The Bertz CT molecular complexity index is 1110. The van der Waals surface area contributed by atoms with Crippen LogP contribution in [0, 0.1) is 11.8 Å². The van der Waals surface area contributed by atoms with Crippen LogP contribution in [0.3, 0.4) is 0 Å². The first-order valence-corrected chi connectivity index (χ1v) is 10.2. The molecule has 0 spiro atoms. The van der Waals surface area contributed by atoms with Crippen LogP contribution in [0.15, 0.2) is 48.8 Å². The van der Waals surface area contributed by atoms with E-state index < -0.39 is 0 Å². The predicted molar refractivity (Wildman–Crippen MR) is 112 cm³/mol. The summed E-state index contributed by atoms with van der Waals surface area (Å²) in [6.45, 7) is 1.97. The second-order valence-electron chi connectivity index (χ2n) is 7.90. The predicted octanol–water partition coefficient (Wildman–Crippen LogP) is 1.88. The van der Waals surface area contributed by atoms with Gasteiger partial charge in [0.1, 0.15) is 11.6 Å². The lowest BCUT2D eigenvalue weighted by Crippen LogP contribution is -2.31. The van der Waals surface area contributed by atoms with Crippen LogP contribution < -0.4 is 10.1 Å². The summed E-state index contributed by atoms with van der Waals surface area (Å²) < 4.78 is 7.03. The summed E-state index contributed by atoms with van der Waals surface area (Å²) in [5.41, 5.74) is 1.31. The highest BCUT2D eigenvalue weighted by Crippen LogP contribution is 2.33. The molecule has 0 radical (unpaired) electrons. The molecule has 2 amide bonds. The first-order valence-electron chi connectivity index (χ1n) is 10.2. The molecule has 0 saturated carbocycles. The second kappa shape index (κ2) is 7.82. The van der Waals surface area contributed by atoms with Gasteiger partial charge in [-0.1, -0.05) is 0 Å². The Morgan fingerprint density at radius 1 is 1.00 bits per heavy atom. The summed E-state index contributed by atoms with van der Waals surface area (Å²) in [5, 5.41) is 11.3. The molecule has 158 valence electrons. The minimum Gasteiger partial charge on any atom is -0.497 e. The van der Waals surface area contributed by atoms with Gasteiger partial charge in [-0.15, -0.1) is 10.2 Å². The SMILES string of the molecule is COc1ccc(NC(=O)c2nnc3n2C[C@@H]2CN(C(=O)c4ccncc4)C[C@@H]2C3)cc1. The summed E-state index contributed by atoms with van der Waals surface area (Å²) in [5.74, 6) is 2.11. The molecule has 2 aliphatic rings. The number of aromatic nitrogens is 4. The van der Waals surface area contributed by atoms with E-state index in [2.05, 4.69) is 20.5 Å². The summed E-state index contributed by atoms with van der Waals surface area (Å²) >= 11 is 0. The number of nitrogens with one attached hydrogen (secondary N) is 1.